The molecule has 0 aliphatic carbocycles. The zero-order valence-corrected chi connectivity index (χ0v) is 30.9. The predicted octanol–water partition coefficient (Wildman–Crippen LogP) is 5.73. The van der Waals surface area contributed by atoms with Gasteiger partial charge in [-0.05, 0) is 105 Å². The molecule has 0 saturated carbocycles. The molecule has 10 nitrogen and oxygen atoms in total. The molecule has 1 N–H and O–H groups in total. The summed E-state index contributed by atoms with van der Waals surface area (Å²) in [6, 6.07) is 9.13. The number of benzene rings is 2. The molecule has 0 radical (unpaired) electrons. The van der Waals surface area contributed by atoms with Crippen LogP contribution in [0.1, 0.15) is 67.2 Å². The summed E-state index contributed by atoms with van der Waals surface area (Å²) >= 11 is 0. The number of pyridine rings is 1. The first-order valence-corrected chi connectivity index (χ1v) is 18.2. The van der Waals surface area contributed by atoms with Crippen molar-refractivity contribution in [1.82, 2.24) is 14.8 Å². The van der Waals surface area contributed by atoms with Gasteiger partial charge in [-0.25, -0.2) is 4.39 Å². The van der Waals surface area contributed by atoms with E-state index in [2.05, 4.69) is 11.4 Å². The van der Waals surface area contributed by atoms with E-state index in [1.807, 2.05) is 48.0 Å². The van der Waals surface area contributed by atoms with E-state index in [1.165, 1.54) is 11.6 Å². The van der Waals surface area contributed by atoms with Crippen molar-refractivity contribution in [2.45, 2.75) is 65.2 Å². The predicted molar refractivity (Wildman–Crippen MR) is 199 cm³/mol. The van der Waals surface area contributed by atoms with Gasteiger partial charge in [-0.15, -0.1) is 0 Å². The maximum absolute atomic E-state index is 15.2. The highest BCUT2D eigenvalue weighted by molar-refractivity contribution is 5.98. The molecule has 4 heterocycles. The molecule has 2 aromatic carbocycles. The molecule has 1 atom stereocenters. The molecule has 52 heavy (non-hydrogen) atoms. The van der Waals surface area contributed by atoms with E-state index in [0.29, 0.717) is 74.6 Å². The standard InChI is InChI=1S/C41H49FN4O6/c1-25-26(2)41(50)44(3)24-33(25)31-22-36(51-4)32(37(23-31)52-5)19-27-12-16-46(17-13-27)39(48)21-28-10-14-45(15-11-28)35-8-6-29(20-34(35)42)18-30-7-9-38(47)43-40(30)49/h6,8,19-20,22-24,28,30H,7,9-18,21H2,1-5H3,(H,43,47,49). The van der Waals surface area contributed by atoms with Crippen molar-refractivity contribution in [2.75, 3.05) is 45.3 Å². The summed E-state index contributed by atoms with van der Waals surface area (Å²) in [6.45, 7) is 6.46. The molecule has 11 heteroatoms. The summed E-state index contributed by atoms with van der Waals surface area (Å²) in [5.74, 6) is 0.618. The van der Waals surface area contributed by atoms with Crippen LogP contribution in [-0.4, -0.2) is 67.6 Å². The zero-order chi connectivity index (χ0) is 37.1. The number of methoxy groups -OCH3 is 2. The second kappa shape index (κ2) is 15.8. The second-order valence-electron chi connectivity index (χ2n) is 14.5. The third kappa shape index (κ3) is 7.93. The van der Waals surface area contributed by atoms with Gasteiger partial charge < -0.3 is 23.8 Å². The first-order chi connectivity index (χ1) is 24.9. The average molecular weight is 713 g/mol. The van der Waals surface area contributed by atoms with Crippen LogP contribution in [0.2, 0.25) is 0 Å². The average Bonchev–Trinajstić information content (AvgIpc) is 3.14. The molecule has 6 rings (SSSR count). The number of rotatable bonds is 9. The smallest absolute Gasteiger partial charge is 0.253 e. The number of amides is 3. The van der Waals surface area contributed by atoms with E-state index in [1.54, 1.807) is 31.9 Å². The van der Waals surface area contributed by atoms with E-state index < -0.39 is 0 Å². The Hall–Kier alpha value is -4.93. The second-order valence-corrected chi connectivity index (χ2v) is 14.5. The van der Waals surface area contributed by atoms with Gasteiger partial charge in [-0.1, -0.05) is 11.6 Å². The number of carbonyl (C=O) groups excluding carboxylic acids is 3. The zero-order valence-electron chi connectivity index (χ0n) is 30.9. The van der Waals surface area contributed by atoms with Gasteiger partial charge in [0.1, 0.15) is 17.3 Å². The van der Waals surface area contributed by atoms with Gasteiger partial charge in [0.25, 0.3) is 5.56 Å². The Morgan fingerprint density at radius 2 is 1.60 bits per heavy atom. The number of aryl methyl sites for hydroxylation is 1. The van der Waals surface area contributed by atoms with E-state index >= 15 is 4.39 Å². The lowest BCUT2D eigenvalue weighted by molar-refractivity contribution is -0.136. The van der Waals surface area contributed by atoms with Crippen LogP contribution in [0.3, 0.4) is 0 Å². The summed E-state index contributed by atoms with van der Waals surface area (Å²) in [6.07, 6.45) is 8.82. The number of hydrogen-bond donors (Lipinski definition) is 1. The molecular formula is C41H49FN4O6. The van der Waals surface area contributed by atoms with Crippen LogP contribution in [0, 0.1) is 31.5 Å². The molecule has 3 aromatic rings. The van der Waals surface area contributed by atoms with Gasteiger partial charge >= 0.3 is 0 Å². The number of piperidine rings is 3. The van der Waals surface area contributed by atoms with Gasteiger partial charge in [0.2, 0.25) is 17.7 Å². The normalized spacial score (nSPS) is 18.3. The number of nitrogens with one attached hydrogen (secondary N) is 1. The Labute approximate surface area is 304 Å². The van der Waals surface area contributed by atoms with Crippen LogP contribution in [0.4, 0.5) is 10.1 Å². The number of nitrogens with zero attached hydrogens (tertiary/aromatic N) is 3. The number of anilines is 1. The summed E-state index contributed by atoms with van der Waals surface area (Å²) in [5, 5.41) is 2.37. The van der Waals surface area contributed by atoms with Crippen molar-refractivity contribution in [3.05, 3.63) is 80.5 Å². The molecule has 1 unspecified atom stereocenters. The summed E-state index contributed by atoms with van der Waals surface area (Å²) in [7, 11) is 5.04. The molecule has 3 aliphatic heterocycles. The number of ether oxygens (including phenoxy) is 2. The van der Waals surface area contributed by atoms with Crippen LogP contribution >= 0.6 is 0 Å². The van der Waals surface area contributed by atoms with E-state index in [0.717, 1.165) is 53.5 Å². The number of imide groups is 1. The highest BCUT2D eigenvalue weighted by Crippen LogP contribution is 2.39. The van der Waals surface area contributed by atoms with E-state index in [9.17, 15) is 19.2 Å². The van der Waals surface area contributed by atoms with Crippen molar-refractivity contribution < 1.29 is 28.2 Å². The maximum atomic E-state index is 15.2. The topological polar surface area (TPSA) is 110 Å². The molecule has 3 amide bonds. The lowest BCUT2D eigenvalue weighted by Crippen LogP contribution is -2.41. The van der Waals surface area contributed by atoms with Gasteiger partial charge in [0, 0.05) is 69.3 Å². The molecular weight excluding hydrogens is 663 g/mol. The largest absolute Gasteiger partial charge is 0.496 e. The van der Waals surface area contributed by atoms with Crippen LogP contribution in [-0.2, 0) is 27.9 Å². The monoisotopic (exact) mass is 712 g/mol. The quantitative estimate of drug-likeness (QED) is 0.282. The van der Waals surface area contributed by atoms with Crippen molar-refractivity contribution >= 4 is 29.5 Å². The Morgan fingerprint density at radius 1 is 0.923 bits per heavy atom. The van der Waals surface area contributed by atoms with E-state index in [4.69, 9.17) is 9.47 Å². The molecule has 3 fully saturated rings. The Balaban J connectivity index is 1.02. The van der Waals surface area contributed by atoms with Crippen LogP contribution in [0.15, 0.2) is 46.9 Å². The van der Waals surface area contributed by atoms with Crippen LogP contribution in [0.25, 0.3) is 17.2 Å². The fourth-order valence-electron chi connectivity index (χ4n) is 7.80. The number of hydrogen-bond acceptors (Lipinski definition) is 7. The molecule has 0 spiro atoms. The van der Waals surface area contributed by atoms with E-state index in [-0.39, 0.29) is 40.9 Å². The van der Waals surface area contributed by atoms with Crippen molar-refractivity contribution in [1.29, 1.82) is 0 Å². The van der Waals surface area contributed by atoms with Gasteiger partial charge in [-0.3, -0.25) is 24.5 Å². The molecule has 1 aromatic heterocycles. The fraction of sp³-hybridized carbons (Fsp3) is 0.463. The number of carbonyl (C=O) groups is 3. The Kier molecular flexibility index (Phi) is 11.2. The lowest BCUT2D eigenvalue weighted by atomic mass is 9.90. The highest BCUT2D eigenvalue weighted by Gasteiger charge is 2.29. The van der Waals surface area contributed by atoms with Gasteiger partial charge in [0.15, 0.2) is 0 Å². The first-order valence-electron chi connectivity index (χ1n) is 18.2. The highest BCUT2D eigenvalue weighted by atomic mass is 19.1. The summed E-state index contributed by atoms with van der Waals surface area (Å²) < 4.78 is 28.5. The molecule has 276 valence electrons. The maximum Gasteiger partial charge on any atom is 0.253 e. The summed E-state index contributed by atoms with van der Waals surface area (Å²) in [5.41, 5.74) is 6.83. The fourth-order valence-corrected chi connectivity index (χ4v) is 7.80. The van der Waals surface area contributed by atoms with Crippen molar-refractivity contribution in [2.24, 2.45) is 18.9 Å². The molecule has 3 saturated heterocycles. The van der Waals surface area contributed by atoms with Gasteiger partial charge in [-0.2, -0.15) is 0 Å². The lowest BCUT2D eigenvalue weighted by Gasteiger charge is -2.35. The van der Waals surface area contributed by atoms with Crippen LogP contribution in [0.5, 0.6) is 11.5 Å². The van der Waals surface area contributed by atoms with Gasteiger partial charge in [0.05, 0.1) is 25.5 Å². The first kappa shape index (κ1) is 36.8. The third-order valence-corrected chi connectivity index (χ3v) is 11.2. The number of aromatic nitrogens is 1. The molecule has 0 bridgehead atoms. The minimum atomic E-state index is -0.322. The number of halogens is 1. The SMILES string of the molecule is COc1cc(-c2cn(C)c(=O)c(C)c2C)cc(OC)c1C=C1CCN(C(=O)CC2CCN(c3ccc(CC4CCC(=O)NC4=O)cc3F)CC2)CC1. The summed E-state index contributed by atoms with van der Waals surface area (Å²) in [4.78, 5) is 53.4. The Bertz CT molecular complexity index is 1930. The molecule has 3 aliphatic rings. The van der Waals surface area contributed by atoms with Crippen molar-refractivity contribution in [3.63, 3.8) is 0 Å². The minimum absolute atomic E-state index is 0.0161. The van der Waals surface area contributed by atoms with Crippen LogP contribution < -0.4 is 25.2 Å². The van der Waals surface area contributed by atoms with Crippen molar-refractivity contribution in [3.8, 4) is 22.6 Å². The third-order valence-electron chi connectivity index (χ3n) is 11.2. The minimum Gasteiger partial charge on any atom is -0.496 e. The Morgan fingerprint density at radius 3 is 2.21 bits per heavy atom. The number of likely N-dealkylation sites (tertiary alicyclic amines) is 1.